The van der Waals surface area contributed by atoms with Crippen LogP contribution in [0.4, 0.5) is 0 Å². The van der Waals surface area contributed by atoms with Crippen molar-refractivity contribution >= 4 is 17.7 Å². The molecule has 1 saturated heterocycles. The Balaban J connectivity index is 2.37. The molecule has 2 rings (SSSR count). The van der Waals surface area contributed by atoms with E-state index in [1.54, 1.807) is 30.3 Å². The summed E-state index contributed by atoms with van der Waals surface area (Å²) in [5.41, 5.74) is -0.253. The Hall–Kier alpha value is -2.37. The molecule has 6 heteroatoms. The number of oxime groups is 1. The first-order valence-electron chi connectivity index (χ1n) is 4.81. The Kier molecular flexibility index (Phi) is 2.55. The third-order valence-corrected chi connectivity index (χ3v) is 2.36. The van der Waals surface area contributed by atoms with E-state index in [9.17, 15) is 9.59 Å². The number of nitrogens with zero attached hydrogens (tertiary/aromatic N) is 1. The molecule has 0 aliphatic carbocycles. The monoisotopic (exact) mass is 235 g/mol. The topological polar surface area (TPSA) is 85.2 Å². The Morgan fingerprint density at radius 2 is 1.65 bits per heavy atom. The van der Waals surface area contributed by atoms with Gasteiger partial charge in [0.05, 0.1) is 0 Å². The SMILES string of the molecule is CC1(c2ccccc2)OC(=O)C(=NO)C(=O)O1. The van der Waals surface area contributed by atoms with Crippen LogP contribution < -0.4 is 0 Å². The molecule has 0 amide bonds. The third kappa shape index (κ3) is 1.84. The highest BCUT2D eigenvalue weighted by atomic mass is 16.7. The van der Waals surface area contributed by atoms with Gasteiger partial charge in [0.2, 0.25) is 0 Å². The summed E-state index contributed by atoms with van der Waals surface area (Å²) in [7, 11) is 0. The fraction of sp³-hybridized carbons (Fsp3) is 0.182. The summed E-state index contributed by atoms with van der Waals surface area (Å²) in [6.07, 6.45) is 0. The van der Waals surface area contributed by atoms with Crippen LogP contribution in [0.1, 0.15) is 12.5 Å². The first-order chi connectivity index (χ1) is 8.07. The summed E-state index contributed by atoms with van der Waals surface area (Å²) in [5.74, 6) is -3.53. The molecule has 1 N–H and O–H groups in total. The first-order valence-corrected chi connectivity index (χ1v) is 4.81. The largest absolute Gasteiger partial charge is 0.413 e. The molecular formula is C11H9NO5. The molecule has 6 nitrogen and oxygen atoms in total. The lowest BCUT2D eigenvalue weighted by Crippen LogP contribution is -2.46. The van der Waals surface area contributed by atoms with Crippen molar-refractivity contribution in [1.82, 2.24) is 0 Å². The van der Waals surface area contributed by atoms with Crippen molar-refractivity contribution in [2.45, 2.75) is 12.7 Å². The molecule has 1 fully saturated rings. The van der Waals surface area contributed by atoms with Gasteiger partial charge < -0.3 is 14.7 Å². The molecule has 1 aliphatic heterocycles. The molecule has 0 saturated carbocycles. The number of carbonyl (C=O) groups excluding carboxylic acids is 2. The van der Waals surface area contributed by atoms with Crippen molar-refractivity contribution in [2.75, 3.05) is 0 Å². The average Bonchev–Trinajstić information content (AvgIpc) is 2.29. The van der Waals surface area contributed by atoms with Crippen LogP contribution in [-0.4, -0.2) is 22.9 Å². The molecule has 0 bridgehead atoms. The van der Waals surface area contributed by atoms with Gasteiger partial charge in [-0.25, -0.2) is 9.59 Å². The molecule has 0 unspecified atom stereocenters. The van der Waals surface area contributed by atoms with Crippen LogP contribution in [0.5, 0.6) is 0 Å². The Labute approximate surface area is 96.4 Å². The summed E-state index contributed by atoms with van der Waals surface area (Å²) in [5, 5.41) is 11.0. The van der Waals surface area contributed by atoms with E-state index in [0.717, 1.165) is 0 Å². The molecule has 1 aromatic carbocycles. The van der Waals surface area contributed by atoms with E-state index in [1.165, 1.54) is 6.92 Å². The third-order valence-electron chi connectivity index (χ3n) is 2.36. The van der Waals surface area contributed by atoms with Crippen LogP contribution in [0, 0.1) is 0 Å². The van der Waals surface area contributed by atoms with Gasteiger partial charge in [0.1, 0.15) is 0 Å². The number of rotatable bonds is 1. The quantitative estimate of drug-likeness (QED) is 0.442. The standard InChI is InChI=1S/C11H9NO5/c1-11(7-5-3-2-4-6-7)16-9(13)8(12-15)10(14)17-11/h2-6,15H,1H3. The van der Waals surface area contributed by atoms with Gasteiger partial charge in [-0.1, -0.05) is 35.5 Å². The lowest BCUT2D eigenvalue weighted by molar-refractivity contribution is -0.226. The van der Waals surface area contributed by atoms with Crippen LogP contribution in [-0.2, 0) is 24.8 Å². The molecule has 17 heavy (non-hydrogen) atoms. The van der Waals surface area contributed by atoms with Gasteiger partial charge in [0.15, 0.2) is 0 Å². The predicted molar refractivity (Wildman–Crippen MR) is 55.2 cm³/mol. The second kappa shape index (κ2) is 3.89. The van der Waals surface area contributed by atoms with E-state index in [0.29, 0.717) is 5.56 Å². The first kappa shape index (κ1) is 11.1. The molecule has 0 radical (unpaired) electrons. The number of hydrogen-bond donors (Lipinski definition) is 1. The Morgan fingerprint density at radius 1 is 1.12 bits per heavy atom. The minimum absolute atomic E-state index is 0.513. The highest BCUT2D eigenvalue weighted by Crippen LogP contribution is 2.30. The van der Waals surface area contributed by atoms with Crippen LogP contribution in [0.3, 0.4) is 0 Å². The number of esters is 2. The smallest absolute Gasteiger partial charge is 0.371 e. The summed E-state index contributed by atoms with van der Waals surface area (Å²) in [6, 6.07) is 8.53. The van der Waals surface area contributed by atoms with E-state index in [2.05, 4.69) is 5.16 Å². The van der Waals surface area contributed by atoms with Gasteiger partial charge in [-0.05, 0) is 0 Å². The van der Waals surface area contributed by atoms with Gasteiger partial charge >= 0.3 is 11.9 Å². The summed E-state index contributed by atoms with van der Waals surface area (Å²) >= 11 is 0. The summed E-state index contributed by atoms with van der Waals surface area (Å²) < 4.78 is 9.92. The molecule has 88 valence electrons. The number of ether oxygens (including phenoxy) is 2. The number of hydrogen-bond acceptors (Lipinski definition) is 6. The maximum Gasteiger partial charge on any atom is 0.371 e. The van der Waals surface area contributed by atoms with Crippen LogP contribution in [0.2, 0.25) is 0 Å². The molecule has 0 spiro atoms. The lowest BCUT2D eigenvalue weighted by atomic mass is 10.1. The number of carbonyl (C=O) groups is 2. The van der Waals surface area contributed by atoms with Gasteiger partial charge in [0, 0.05) is 12.5 Å². The fourth-order valence-corrected chi connectivity index (χ4v) is 1.50. The number of benzene rings is 1. The molecule has 1 aliphatic rings. The normalized spacial score (nSPS) is 23.9. The molecular weight excluding hydrogens is 226 g/mol. The zero-order valence-corrected chi connectivity index (χ0v) is 8.91. The molecule has 1 aromatic rings. The summed E-state index contributed by atoms with van der Waals surface area (Å²) in [4.78, 5) is 22.8. The minimum atomic E-state index is -1.50. The van der Waals surface area contributed by atoms with E-state index in [4.69, 9.17) is 14.7 Å². The van der Waals surface area contributed by atoms with Crippen molar-refractivity contribution in [3.05, 3.63) is 35.9 Å². The van der Waals surface area contributed by atoms with Crippen molar-refractivity contribution in [1.29, 1.82) is 0 Å². The lowest BCUT2D eigenvalue weighted by Gasteiger charge is -2.32. The summed E-state index contributed by atoms with van der Waals surface area (Å²) in [6.45, 7) is 1.44. The second-order valence-electron chi connectivity index (χ2n) is 3.54. The van der Waals surface area contributed by atoms with E-state index < -0.39 is 23.4 Å². The van der Waals surface area contributed by atoms with Gasteiger partial charge in [-0.3, -0.25) is 0 Å². The van der Waals surface area contributed by atoms with Crippen LogP contribution >= 0.6 is 0 Å². The Morgan fingerprint density at radius 3 is 2.12 bits per heavy atom. The van der Waals surface area contributed by atoms with Crippen molar-refractivity contribution in [2.24, 2.45) is 5.16 Å². The van der Waals surface area contributed by atoms with E-state index in [-0.39, 0.29) is 0 Å². The van der Waals surface area contributed by atoms with E-state index in [1.807, 2.05) is 0 Å². The minimum Gasteiger partial charge on any atom is -0.413 e. The predicted octanol–water partition coefficient (Wildman–Crippen LogP) is 0.790. The Bertz CT molecular complexity index is 474. The van der Waals surface area contributed by atoms with Crippen molar-refractivity contribution in [3.63, 3.8) is 0 Å². The molecule has 1 heterocycles. The van der Waals surface area contributed by atoms with Crippen molar-refractivity contribution in [3.8, 4) is 0 Å². The van der Waals surface area contributed by atoms with Gasteiger partial charge in [-0.2, -0.15) is 0 Å². The molecule has 0 atom stereocenters. The van der Waals surface area contributed by atoms with Crippen LogP contribution in [0.25, 0.3) is 0 Å². The second-order valence-corrected chi connectivity index (χ2v) is 3.54. The van der Waals surface area contributed by atoms with Gasteiger partial charge in [-0.15, -0.1) is 0 Å². The van der Waals surface area contributed by atoms with E-state index >= 15 is 0 Å². The average molecular weight is 235 g/mol. The van der Waals surface area contributed by atoms with Gasteiger partial charge in [0.25, 0.3) is 11.5 Å². The van der Waals surface area contributed by atoms with Crippen LogP contribution in [0.15, 0.2) is 35.5 Å². The maximum absolute atomic E-state index is 11.4. The highest BCUT2D eigenvalue weighted by molar-refractivity contribution is 6.63. The maximum atomic E-state index is 11.4. The zero-order chi connectivity index (χ0) is 12.5. The fourth-order valence-electron chi connectivity index (χ4n) is 1.50. The highest BCUT2D eigenvalue weighted by Gasteiger charge is 2.45. The number of cyclic esters (lactones) is 2. The molecule has 0 aromatic heterocycles. The van der Waals surface area contributed by atoms with Crippen molar-refractivity contribution < 1.29 is 24.3 Å². The zero-order valence-electron chi connectivity index (χ0n) is 8.91.